The average Bonchev–Trinajstić information content (AvgIpc) is 3.29. The van der Waals surface area contributed by atoms with E-state index in [1.165, 1.54) is 6.92 Å². The van der Waals surface area contributed by atoms with Crippen molar-refractivity contribution >= 4 is 5.97 Å². The molecule has 5 rings (SSSR count). The molecule has 0 radical (unpaired) electrons. The molecule has 0 unspecified atom stereocenters. The van der Waals surface area contributed by atoms with Crippen LogP contribution in [0.1, 0.15) is 60.3 Å². The van der Waals surface area contributed by atoms with Gasteiger partial charge in [0.25, 0.3) is 0 Å². The van der Waals surface area contributed by atoms with Crippen LogP contribution in [0.5, 0.6) is 0 Å². The Kier molecular flexibility index (Phi) is 3.73. The second-order valence-corrected chi connectivity index (χ2v) is 11.5. The molecule has 0 amide bonds. The summed E-state index contributed by atoms with van der Waals surface area (Å²) < 4.78 is 11.6. The average molecular weight is 411 g/mol. The summed E-state index contributed by atoms with van der Waals surface area (Å²) in [4.78, 5) is 12.1. The van der Waals surface area contributed by atoms with Crippen LogP contribution < -0.4 is 0 Å². The van der Waals surface area contributed by atoms with Crippen molar-refractivity contribution in [3.63, 3.8) is 0 Å². The summed E-state index contributed by atoms with van der Waals surface area (Å²) in [5, 5.41) is 46.6. The maximum Gasteiger partial charge on any atom is 0.303 e. The summed E-state index contributed by atoms with van der Waals surface area (Å²) in [6, 6.07) is 0. The molecule has 0 aromatic rings. The maximum atomic E-state index is 12.2. The van der Waals surface area contributed by atoms with Gasteiger partial charge in [0, 0.05) is 29.6 Å². The fraction of sp³-hybridized carbons (Fsp3) is 0.955. The molecule has 0 aromatic carbocycles. The van der Waals surface area contributed by atoms with E-state index in [2.05, 4.69) is 0 Å². The van der Waals surface area contributed by atoms with Crippen molar-refractivity contribution in [3.8, 4) is 0 Å². The first-order valence-electron chi connectivity index (χ1n) is 10.9. The first kappa shape index (κ1) is 20.2. The zero-order valence-electron chi connectivity index (χ0n) is 17.9. The maximum absolute atomic E-state index is 12.2. The lowest BCUT2D eigenvalue weighted by Gasteiger charge is -2.51. The van der Waals surface area contributed by atoms with Gasteiger partial charge in [-0.1, -0.05) is 13.8 Å². The number of ether oxygens (including phenoxy) is 2. The van der Waals surface area contributed by atoms with E-state index in [4.69, 9.17) is 9.47 Å². The lowest BCUT2D eigenvalue weighted by Crippen LogP contribution is -2.63. The summed E-state index contributed by atoms with van der Waals surface area (Å²) in [7, 11) is 0. The molecule has 7 nitrogen and oxygen atoms in total. The highest BCUT2D eigenvalue weighted by atomic mass is 16.6. The van der Waals surface area contributed by atoms with Gasteiger partial charge in [0.1, 0.15) is 11.7 Å². The molecule has 4 saturated carbocycles. The normalized spacial score (nSPS) is 61.9. The Balaban J connectivity index is 1.71. The highest BCUT2D eigenvalue weighted by molar-refractivity contribution is 5.66. The summed E-state index contributed by atoms with van der Waals surface area (Å²) in [5.41, 5.74) is -5.48. The van der Waals surface area contributed by atoms with E-state index in [1.807, 2.05) is 13.8 Å². The van der Waals surface area contributed by atoms with E-state index in [-0.39, 0.29) is 30.5 Å². The minimum atomic E-state index is -1.49. The van der Waals surface area contributed by atoms with Crippen molar-refractivity contribution in [3.05, 3.63) is 0 Å². The van der Waals surface area contributed by atoms with Crippen molar-refractivity contribution < 1.29 is 34.7 Å². The van der Waals surface area contributed by atoms with Gasteiger partial charge < -0.3 is 29.9 Å². The van der Waals surface area contributed by atoms with Gasteiger partial charge in [0.05, 0.1) is 29.5 Å². The Labute approximate surface area is 171 Å². The molecule has 1 heterocycles. The number of carbonyl (C=O) groups is 1. The van der Waals surface area contributed by atoms with Crippen LogP contribution in [-0.2, 0) is 14.3 Å². The minimum absolute atomic E-state index is 0.205. The van der Waals surface area contributed by atoms with Crippen LogP contribution in [0.15, 0.2) is 0 Å². The Morgan fingerprint density at radius 3 is 2.38 bits per heavy atom. The summed E-state index contributed by atoms with van der Waals surface area (Å²) in [6.07, 6.45) is -0.461. The third-order valence-electron chi connectivity index (χ3n) is 9.69. The zero-order chi connectivity index (χ0) is 21.4. The number of hydrogen-bond acceptors (Lipinski definition) is 7. The van der Waals surface area contributed by atoms with Crippen molar-refractivity contribution in [1.29, 1.82) is 0 Å². The molecule has 29 heavy (non-hydrogen) atoms. The van der Waals surface area contributed by atoms with Crippen LogP contribution in [0, 0.1) is 28.6 Å². The second-order valence-electron chi connectivity index (χ2n) is 11.5. The number of carbonyl (C=O) groups excluding carboxylic acids is 1. The number of rotatable bonds is 1. The van der Waals surface area contributed by atoms with Gasteiger partial charge in [-0.3, -0.25) is 4.79 Å². The minimum Gasteiger partial charge on any atom is -0.459 e. The standard InChI is InChI=1S/C22H34O7/c1-10(23)28-13-8-21-9-19(4,25)11(16(21)24)6-7-12(21)20(5,26)15-14-17(29-14)18(2,3)22(13,15)27/h11-17,24-27H,6-9H2,1-5H3/t11-,12+,13+,14-,15-,16-,17-,19-,20-,21+,22-/m0/s1. The first-order valence-corrected chi connectivity index (χ1v) is 10.9. The molecule has 5 aliphatic rings. The van der Waals surface area contributed by atoms with Crippen LogP contribution in [0.2, 0.25) is 0 Å². The van der Waals surface area contributed by atoms with Crippen molar-refractivity contribution in [1.82, 2.24) is 0 Å². The molecule has 1 spiro atoms. The number of hydrogen-bond donors (Lipinski definition) is 4. The number of fused-ring (bicyclic) bond motifs is 4. The number of aliphatic hydroxyl groups excluding tert-OH is 1. The van der Waals surface area contributed by atoms with Crippen molar-refractivity contribution in [2.45, 2.75) is 102 Å². The van der Waals surface area contributed by atoms with Crippen molar-refractivity contribution in [2.24, 2.45) is 28.6 Å². The Hall–Kier alpha value is -0.730. The smallest absolute Gasteiger partial charge is 0.303 e. The molecule has 2 bridgehead atoms. The van der Waals surface area contributed by atoms with Crippen LogP contribution in [0.4, 0.5) is 0 Å². The molecular formula is C22H34O7. The van der Waals surface area contributed by atoms with Gasteiger partial charge >= 0.3 is 5.97 Å². The van der Waals surface area contributed by atoms with Crippen molar-refractivity contribution in [2.75, 3.05) is 0 Å². The van der Waals surface area contributed by atoms with Crippen LogP contribution in [0.3, 0.4) is 0 Å². The Morgan fingerprint density at radius 2 is 1.76 bits per heavy atom. The molecule has 164 valence electrons. The summed E-state index contributed by atoms with van der Waals surface area (Å²) in [5.74, 6) is -1.78. The second kappa shape index (κ2) is 5.36. The van der Waals surface area contributed by atoms with Gasteiger partial charge in [-0.15, -0.1) is 0 Å². The molecule has 1 aliphatic heterocycles. The molecule has 4 aliphatic carbocycles. The van der Waals surface area contributed by atoms with Gasteiger partial charge in [0.15, 0.2) is 0 Å². The molecule has 1 saturated heterocycles. The molecule has 7 heteroatoms. The van der Waals surface area contributed by atoms with E-state index >= 15 is 0 Å². The Morgan fingerprint density at radius 1 is 1.10 bits per heavy atom. The topological polar surface area (TPSA) is 120 Å². The summed E-state index contributed by atoms with van der Waals surface area (Å²) in [6.45, 7) is 8.62. The predicted molar refractivity (Wildman–Crippen MR) is 102 cm³/mol. The highest BCUT2D eigenvalue weighted by Crippen LogP contribution is 2.73. The third-order valence-corrected chi connectivity index (χ3v) is 9.69. The third kappa shape index (κ3) is 2.14. The molecule has 4 N–H and O–H groups in total. The first-order chi connectivity index (χ1) is 13.2. The van der Waals surface area contributed by atoms with Gasteiger partial charge in [0.2, 0.25) is 0 Å². The van der Waals surface area contributed by atoms with Crippen LogP contribution in [-0.4, -0.2) is 67.6 Å². The molecule has 11 atom stereocenters. The molecule has 0 aromatic heterocycles. The van der Waals surface area contributed by atoms with E-state index < -0.39 is 51.7 Å². The monoisotopic (exact) mass is 410 g/mol. The van der Waals surface area contributed by atoms with Gasteiger partial charge in [-0.25, -0.2) is 0 Å². The lowest BCUT2D eigenvalue weighted by molar-refractivity contribution is -0.230. The highest BCUT2D eigenvalue weighted by Gasteiger charge is 2.83. The zero-order valence-corrected chi connectivity index (χ0v) is 17.9. The van der Waals surface area contributed by atoms with E-state index in [0.29, 0.717) is 19.3 Å². The quantitative estimate of drug-likeness (QED) is 0.372. The summed E-state index contributed by atoms with van der Waals surface area (Å²) >= 11 is 0. The van der Waals surface area contributed by atoms with Crippen LogP contribution in [0.25, 0.3) is 0 Å². The largest absolute Gasteiger partial charge is 0.459 e. The number of esters is 1. The van der Waals surface area contributed by atoms with Crippen LogP contribution >= 0.6 is 0 Å². The fourth-order valence-corrected chi connectivity index (χ4v) is 8.56. The van der Waals surface area contributed by atoms with E-state index in [1.54, 1.807) is 13.8 Å². The number of epoxide rings is 1. The lowest BCUT2D eigenvalue weighted by atomic mass is 9.57. The van der Waals surface area contributed by atoms with Gasteiger partial charge in [-0.05, 0) is 45.4 Å². The van der Waals surface area contributed by atoms with E-state index in [9.17, 15) is 25.2 Å². The molecular weight excluding hydrogens is 376 g/mol. The molecule has 5 fully saturated rings. The predicted octanol–water partition coefficient (Wildman–Crippen LogP) is 0.755. The SMILES string of the molecule is CC(=O)O[C@@H]1C[C@@]23C[C@](C)(O)[C@@H](CC[C@@H]2[C@](C)(O)[C@@H]2[C@@H]4O[C@@H]4C(C)(C)[C@]12O)[C@@H]3O. The number of aliphatic hydroxyl groups is 4. The van der Waals surface area contributed by atoms with Gasteiger partial charge in [-0.2, -0.15) is 0 Å². The Bertz CT molecular complexity index is 760. The fourth-order valence-electron chi connectivity index (χ4n) is 8.56. The van der Waals surface area contributed by atoms with E-state index in [0.717, 1.165) is 0 Å².